The van der Waals surface area contributed by atoms with Crippen molar-refractivity contribution in [2.45, 2.75) is 19.3 Å². The standard InChI is InChI=1S/C53H36N4/c1-53(2)48-30-43-24-37(19-20-38(43)28-46(48)47-29-42-22-35-16-9-10-17-36(35)23-44(42)31-49(47)53)40-25-41(39-18-11-21-54-32-39)27-45(26-40)52-56-50(33-12-5-3-6-13-33)55-51(57-52)34-14-7-4-8-15-34/h3-32H,1-2H3. The van der Waals surface area contributed by atoms with Gasteiger partial charge in [-0.25, -0.2) is 15.0 Å². The van der Waals surface area contributed by atoms with Crippen molar-refractivity contribution in [2.75, 3.05) is 0 Å². The summed E-state index contributed by atoms with van der Waals surface area (Å²) in [4.78, 5) is 19.6. The summed E-state index contributed by atoms with van der Waals surface area (Å²) in [5.41, 5.74) is 12.3. The van der Waals surface area contributed by atoms with E-state index in [9.17, 15) is 0 Å². The fourth-order valence-electron chi connectivity index (χ4n) is 8.66. The molecular formula is C53H36N4. The molecule has 0 radical (unpaired) electrons. The molecule has 11 rings (SSSR count). The van der Waals surface area contributed by atoms with E-state index in [0.29, 0.717) is 17.5 Å². The van der Waals surface area contributed by atoms with Gasteiger partial charge in [0.1, 0.15) is 0 Å². The van der Waals surface area contributed by atoms with Crippen LogP contribution in [0, 0.1) is 0 Å². The summed E-state index contributed by atoms with van der Waals surface area (Å²) in [6.45, 7) is 4.73. The van der Waals surface area contributed by atoms with Crippen LogP contribution in [0.3, 0.4) is 0 Å². The molecule has 0 bridgehead atoms. The molecule has 0 aliphatic heterocycles. The number of fused-ring (bicyclic) bond motifs is 6. The van der Waals surface area contributed by atoms with Crippen LogP contribution >= 0.6 is 0 Å². The predicted octanol–water partition coefficient (Wildman–Crippen LogP) is 13.4. The van der Waals surface area contributed by atoms with Crippen LogP contribution in [0.1, 0.15) is 25.0 Å². The second-order valence-electron chi connectivity index (χ2n) is 15.6. The lowest BCUT2D eigenvalue weighted by Gasteiger charge is -2.22. The van der Waals surface area contributed by atoms with Gasteiger partial charge in [-0.1, -0.05) is 117 Å². The monoisotopic (exact) mass is 728 g/mol. The maximum absolute atomic E-state index is 5.09. The van der Waals surface area contributed by atoms with Crippen LogP contribution in [0.15, 0.2) is 182 Å². The maximum atomic E-state index is 5.09. The second-order valence-corrected chi connectivity index (χ2v) is 15.6. The Labute approximate surface area is 331 Å². The van der Waals surface area contributed by atoms with E-state index in [1.807, 2.05) is 79.1 Å². The summed E-state index contributed by atoms with van der Waals surface area (Å²) < 4.78 is 0. The highest BCUT2D eigenvalue weighted by atomic mass is 15.0. The van der Waals surface area contributed by atoms with E-state index >= 15 is 0 Å². The minimum Gasteiger partial charge on any atom is -0.264 e. The van der Waals surface area contributed by atoms with E-state index in [2.05, 4.69) is 122 Å². The first-order valence-electron chi connectivity index (χ1n) is 19.4. The largest absolute Gasteiger partial charge is 0.264 e. The molecule has 1 aliphatic carbocycles. The van der Waals surface area contributed by atoms with Crippen LogP contribution in [-0.2, 0) is 5.41 Å². The Bertz CT molecular complexity index is 3130. The Kier molecular flexibility index (Phi) is 7.48. The van der Waals surface area contributed by atoms with Gasteiger partial charge in [-0.3, -0.25) is 4.98 Å². The molecule has 268 valence electrons. The highest BCUT2D eigenvalue weighted by Crippen LogP contribution is 2.51. The molecule has 0 amide bonds. The third-order valence-electron chi connectivity index (χ3n) is 11.7. The van der Waals surface area contributed by atoms with E-state index in [4.69, 9.17) is 15.0 Å². The zero-order valence-electron chi connectivity index (χ0n) is 31.6. The zero-order chi connectivity index (χ0) is 38.1. The summed E-state index contributed by atoms with van der Waals surface area (Å²) >= 11 is 0. The molecule has 0 N–H and O–H groups in total. The van der Waals surface area contributed by atoms with Crippen molar-refractivity contribution < 1.29 is 0 Å². The Morgan fingerprint density at radius 1 is 0.333 bits per heavy atom. The van der Waals surface area contributed by atoms with Crippen LogP contribution in [0.4, 0.5) is 0 Å². The summed E-state index contributed by atoms with van der Waals surface area (Å²) in [5, 5.41) is 7.55. The molecule has 0 saturated carbocycles. The molecule has 0 unspecified atom stereocenters. The van der Waals surface area contributed by atoms with Crippen LogP contribution < -0.4 is 0 Å². The molecule has 1 aliphatic rings. The molecule has 57 heavy (non-hydrogen) atoms. The Balaban J connectivity index is 1.06. The van der Waals surface area contributed by atoms with Gasteiger partial charge >= 0.3 is 0 Å². The van der Waals surface area contributed by atoms with Gasteiger partial charge in [-0.2, -0.15) is 0 Å². The Hall–Kier alpha value is -7.30. The lowest BCUT2D eigenvalue weighted by atomic mass is 9.81. The first kappa shape index (κ1) is 33.1. The van der Waals surface area contributed by atoms with Gasteiger partial charge in [0, 0.05) is 40.1 Å². The number of benzene rings is 8. The highest BCUT2D eigenvalue weighted by Gasteiger charge is 2.36. The number of rotatable bonds is 5. The number of pyridine rings is 1. The molecule has 2 aromatic heterocycles. The molecule has 8 aromatic carbocycles. The summed E-state index contributed by atoms with van der Waals surface area (Å²) in [5.74, 6) is 1.89. The van der Waals surface area contributed by atoms with Crippen molar-refractivity contribution in [3.8, 4) is 67.5 Å². The maximum Gasteiger partial charge on any atom is 0.164 e. The van der Waals surface area contributed by atoms with Gasteiger partial charge in [0.05, 0.1) is 0 Å². The average Bonchev–Trinajstić information content (AvgIpc) is 3.48. The summed E-state index contributed by atoms with van der Waals surface area (Å²) in [7, 11) is 0. The van der Waals surface area contributed by atoms with Crippen LogP contribution in [0.2, 0.25) is 0 Å². The van der Waals surface area contributed by atoms with E-state index in [1.54, 1.807) is 0 Å². The number of hydrogen-bond acceptors (Lipinski definition) is 4. The first-order chi connectivity index (χ1) is 27.9. The normalized spacial score (nSPS) is 12.9. The first-order valence-corrected chi connectivity index (χ1v) is 19.4. The third-order valence-corrected chi connectivity index (χ3v) is 11.7. The summed E-state index contributed by atoms with van der Waals surface area (Å²) in [6, 6.07) is 60.8. The molecule has 4 heteroatoms. The van der Waals surface area contributed by atoms with Crippen molar-refractivity contribution in [1.82, 2.24) is 19.9 Å². The lowest BCUT2D eigenvalue weighted by Crippen LogP contribution is -2.14. The average molecular weight is 729 g/mol. The Morgan fingerprint density at radius 2 is 0.807 bits per heavy atom. The second kappa shape index (κ2) is 12.9. The van der Waals surface area contributed by atoms with Crippen molar-refractivity contribution >= 4 is 32.3 Å². The molecule has 2 heterocycles. The smallest absolute Gasteiger partial charge is 0.164 e. The quantitative estimate of drug-likeness (QED) is 0.166. The lowest BCUT2D eigenvalue weighted by molar-refractivity contribution is 0.662. The van der Waals surface area contributed by atoms with Crippen LogP contribution in [0.5, 0.6) is 0 Å². The van der Waals surface area contributed by atoms with Crippen LogP contribution in [0.25, 0.3) is 99.9 Å². The minimum atomic E-state index is -0.145. The number of hydrogen-bond donors (Lipinski definition) is 0. The SMILES string of the molecule is CC1(C)c2cc3cc(-c4cc(-c5cccnc5)cc(-c5nc(-c6ccccc6)nc(-c6ccccc6)n5)c4)ccc3cc2-c2cc3cc4ccccc4cc3cc21. The predicted molar refractivity (Wildman–Crippen MR) is 235 cm³/mol. The van der Waals surface area contributed by atoms with E-state index in [1.165, 1.54) is 54.6 Å². The fourth-order valence-corrected chi connectivity index (χ4v) is 8.66. The third kappa shape index (κ3) is 5.68. The summed E-state index contributed by atoms with van der Waals surface area (Å²) in [6.07, 6.45) is 3.72. The van der Waals surface area contributed by atoms with Crippen LogP contribution in [-0.4, -0.2) is 19.9 Å². The minimum absolute atomic E-state index is 0.145. The number of nitrogens with zero attached hydrogens (tertiary/aromatic N) is 4. The zero-order valence-corrected chi connectivity index (χ0v) is 31.6. The number of aromatic nitrogens is 4. The molecule has 4 nitrogen and oxygen atoms in total. The van der Waals surface area contributed by atoms with Gasteiger partial charge in [0.2, 0.25) is 0 Å². The van der Waals surface area contributed by atoms with E-state index < -0.39 is 0 Å². The fraction of sp³-hybridized carbons (Fsp3) is 0.0566. The van der Waals surface area contributed by atoms with Crippen molar-refractivity contribution in [3.63, 3.8) is 0 Å². The molecular weight excluding hydrogens is 693 g/mol. The van der Waals surface area contributed by atoms with Gasteiger partial charge in [-0.05, 0) is 138 Å². The van der Waals surface area contributed by atoms with Gasteiger partial charge in [0.25, 0.3) is 0 Å². The molecule has 0 fully saturated rings. The van der Waals surface area contributed by atoms with E-state index in [0.717, 1.165) is 38.9 Å². The van der Waals surface area contributed by atoms with Crippen molar-refractivity contribution in [3.05, 3.63) is 193 Å². The molecule has 0 saturated heterocycles. The molecule has 0 spiro atoms. The van der Waals surface area contributed by atoms with Crippen molar-refractivity contribution in [1.29, 1.82) is 0 Å². The highest BCUT2D eigenvalue weighted by molar-refractivity contribution is 6.03. The van der Waals surface area contributed by atoms with Crippen molar-refractivity contribution in [2.24, 2.45) is 0 Å². The molecule has 10 aromatic rings. The molecule has 0 atom stereocenters. The van der Waals surface area contributed by atoms with Gasteiger partial charge in [0.15, 0.2) is 17.5 Å². The van der Waals surface area contributed by atoms with Gasteiger partial charge in [-0.15, -0.1) is 0 Å². The Morgan fingerprint density at radius 3 is 1.40 bits per heavy atom. The van der Waals surface area contributed by atoms with Gasteiger partial charge < -0.3 is 0 Å². The topological polar surface area (TPSA) is 51.6 Å². The van der Waals surface area contributed by atoms with E-state index in [-0.39, 0.29) is 5.41 Å².